The van der Waals surface area contributed by atoms with E-state index in [2.05, 4.69) is 27.4 Å². The van der Waals surface area contributed by atoms with Gasteiger partial charge in [-0.05, 0) is 20.8 Å². The minimum absolute atomic E-state index is 0.322. The Bertz CT molecular complexity index is 709. The molecule has 0 heterocycles. The zero-order chi connectivity index (χ0) is 24.4. The fourth-order valence-corrected chi connectivity index (χ4v) is 3.70. The van der Waals surface area contributed by atoms with Gasteiger partial charge in [-0.2, -0.15) is 26.3 Å². The summed E-state index contributed by atoms with van der Waals surface area (Å²) in [5.41, 5.74) is -12.4. The third-order valence-corrected chi connectivity index (χ3v) is 6.72. The SMILES string of the molecule is C=CC(=O)OCCC[N+](CC)(CC)CC.O=S(=O)([N-]S(=O)(=O)C(F)(F)F)C(F)(F)F. The molecule has 0 aliphatic carbocycles. The zero-order valence-electron chi connectivity index (χ0n) is 16.5. The predicted molar refractivity (Wildman–Crippen MR) is 95.8 cm³/mol. The molecule has 0 radical (unpaired) electrons. The van der Waals surface area contributed by atoms with Crippen LogP contribution in [0.5, 0.6) is 0 Å². The summed E-state index contributed by atoms with van der Waals surface area (Å²) in [6.07, 6.45) is 2.14. The van der Waals surface area contributed by atoms with Gasteiger partial charge >= 0.3 is 17.0 Å². The first-order valence-electron chi connectivity index (χ1n) is 8.35. The van der Waals surface area contributed by atoms with E-state index in [9.17, 15) is 48.0 Å². The standard InChI is InChI=1S/C12H24NO2.C2F6NO4S2/c1-5-12(14)15-11-9-10-13(6-2,7-3)8-4;3-1(4,5)14(10,11)9-15(12,13)2(6,7)8/h5H,1,6-11H2,2-4H3;/q+1;-1. The number of ether oxygens (including phenoxy) is 1. The first-order chi connectivity index (χ1) is 13.3. The summed E-state index contributed by atoms with van der Waals surface area (Å²) in [6.45, 7) is 15.0. The lowest BCUT2D eigenvalue weighted by Gasteiger charge is -2.35. The van der Waals surface area contributed by atoms with Gasteiger partial charge < -0.3 is 13.3 Å². The van der Waals surface area contributed by atoms with Crippen molar-refractivity contribution in [1.82, 2.24) is 0 Å². The van der Waals surface area contributed by atoms with Crippen LogP contribution in [-0.4, -0.2) is 71.1 Å². The summed E-state index contributed by atoms with van der Waals surface area (Å²) < 4.78 is 115. The average molecular weight is 494 g/mol. The molecule has 0 aromatic carbocycles. The molecule has 0 aromatic rings. The molecule has 0 saturated carbocycles. The Morgan fingerprint density at radius 1 is 0.933 bits per heavy atom. The molecule has 0 spiro atoms. The second kappa shape index (κ2) is 11.9. The summed E-state index contributed by atoms with van der Waals surface area (Å²) in [5, 5.41) is 0. The fraction of sp³-hybridized carbons (Fsp3) is 0.786. The van der Waals surface area contributed by atoms with Gasteiger partial charge in [0, 0.05) is 12.5 Å². The third kappa shape index (κ3) is 10.1. The van der Waals surface area contributed by atoms with Crippen LogP contribution in [0.25, 0.3) is 4.13 Å². The molecule has 0 atom stereocenters. The molecule has 0 fully saturated rings. The molecule has 0 bridgehead atoms. The first kappa shape index (κ1) is 30.8. The number of rotatable bonds is 10. The van der Waals surface area contributed by atoms with Crippen molar-refractivity contribution in [2.24, 2.45) is 0 Å². The lowest BCUT2D eigenvalue weighted by molar-refractivity contribution is -0.923. The smallest absolute Gasteiger partial charge is 0.462 e. The van der Waals surface area contributed by atoms with E-state index in [0.29, 0.717) is 6.61 Å². The van der Waals surface area contributed by atoms with Crippen molar-refractivity contribution in [2.75, 3.05) is 32.8 Å². The van der Waals surface area contributed by atoms with E-state index in [-0.39, 0.29) is 5.97 Å². The monoisotopic (exact) mass is 494 g/mol. The maximum absolute atomic E-state index is 11.4. The molecule has 180 valence electrons. The van der Waals surface area contributed by atoms with Crippen LogP contribution in [0.4, 0.5) is 26.3 Å². The van der Waals surface area contributed by atoms with Gasteiger partial charge in [0.2, 0.25) is 0 Å². The first-order valence-corrected chi connectivity index (χ1v) is 11.2. The fourth-order valence-electron chi connectivity index (χ4n) is 1.99. The molecule has 0 amide bonds. The molecule has 0 aromatic heterocycles. The highest BCUT2D eigenvalue weighted by Crippen LogP contribution is 2.36. The third-order valence-electron chi connectivity index (χ3n) is 3.98. The number of carbonyl (C=O) groups is 1. The number of hydrogen-bond donors (Lipinski definition) is 0. The van der Waals surface area contributed by atoms with Gasteiger partial charge in [-0.15, -0.1) is 0 Å². The van der Waals surface area contributed by atoms with E-state index in [1.165, 1.54) is 6.08 Å². The number of halogens is 6. The van der Waals surface area contributed by atoms with E-state index >= 15 is 0 Å². The molecule has 0 saturated heterocycles. The van der Waals surface area contributed by atoms with Crippen molar-refractivity contribution in [3.05, 3.63) is 16.8 Å². The van der Waals surface area contributed by atoms with Crippen LogP contribution < -0.4 is 0 Å². The molecule has 0 aliphatic rings. The van der Waals surface area contributed by atoms with Crippen molar-refractivity contribution in [3.63, 3.8) is 0 Å². The number of hydrogen-bond acceptors (Lipinski definition) is 6. The lowest BCUT2D eigenvalue weighted by Crippen LogP contribution is -2.48. The molecular formula is C14H24F6N2O6S2. The highest BCUT2D eigenvalue weighted by atomic mass is 32.3. The minimum atomic E-state index is -6.72. The minimum Gasteiger partial charge on any atom is -0.462 e. The summed E-state index contributed by atoms with van der Waals surface area (Å²) in [7, 11) is -13.4. The molecule has 0 aliphatic heterocycles. The van der Waals surface area contributed by atoms with Crippen LogP contribution in [-0.2, 0) is 29.6 Å². The van der Waals surface area contributed by atoms with Crippen LogP contribution in [0.3, 0.4) is 0 Å². The second-order valence-electron chi connectivity index (χ2n) is 5.66. The number of nitrogens with zero attached hydrogens (tertiary/aromatic N) is 2. The van der Waals surface area contributed by atoms with Gasteiger partial charge in [0.25, 0.3) is 0 Å². The number of sulfonamides is 2. The van der Waals surface area contributed by atoms with E-state index < -0.39 is 31.1 Å². The Kier molecular flexibility index (Phi) is 12.2. The summed E-state index contributed by atoms with van der Waals surface area (Å²) >= 11 is 0. The maximum Gasteiger partial charge on any atom is 0.480 e. The number of carbonyl (C=O) groups excluding carboxylic acids is 1. The maximum atomic E-state index is 11.4. The Balaban J connectivity index is 0. The van der Waals surface area contributed by atoms with Crippen molar-refractivity contribution >= 4 is 26.0 Å². The topological polar surface area (TPSA) is 109 Å². The molecule has 0 rings (SSSR count). The molecule has 0 N–H and O–H groups in total. The van der Waals surface area contributed by atoms with Crippen LogP contribution in [0.2, 0.25) is 0 Å². The lowest BCUT2D eigenvalue weighted by atomic mass is 10.3. The quantitative estimate of drug-likeness (QED) is 0.152. The van der Waals surface area contributed by atoms with E-state index in [1.807, 2.05) is 0 Å². The van der Waals surface area contributed by atoms with Gasteiger partial charge in [0.15, 0.2) is 20.0 Å². The van der Waals surface area contributed by atoms with Gasteiger partial charge in [-0.3, -0.25) is 0 Å². The molecule has 16 heteroatoms. The van der Waals surface area contributed by atoms with Crippen molar-refractivity contribution in [1.29, 1.82) is 0 Å². The number of quaternary nitrogens is 1. The van der Waals surface area contributed by atoms with E-state index in [0.717, 1.165) is 41.2 Å². The largest absolute Gasteiger partial charge is 0.480 e. The number of esters is 1. The molecule has 8 nitrogen and oxygen atoms in total. The van der Waals surface area contributed by atoms with Crippen molar-refractivity contribution < 1.29 is 57.2 Å². The van der Waals surface area contributed by atoms with Crippen LogP contribution in [0.1, 0.15) is 27.2 Å². The average Bonchev–Trinajstić information content (AvgIpc) is 2.60. The predicted octanol–water partition coefficient (Wildman–Crippen LogP) is 3.04. The summed E-state index contributed by atoms with van der Waals surface area (Å²) in [6, 6.07) is 0. The Labute approximate surface area is 171 Å². The van der Waals surface area contributed by atoms with Crippen molar-refractivity contribution in [2.45, 2.75) is 38.2 Å². The highest BCUT2D eigenvalue weighted by Gasteiger charge is 2.46. The molecule has 30 heavy (non-hydrogen) atoms. The second-order valence-corrected chi connectivity index (χ2v) is 9.08. The van der Waals surface area contributed by atoms with Crippen LogP contribution in [0.15, 0.2) is 12.7 Å². The molecular weight excluding hydrogens is 470 g/mol. The Hall–Kier alpha value is -1.39. The number of alkyl halides is 6. The van der Waals surface area contributed by atoms with Gasteiger partial charge in [-0.25, -0.2) is 21.6 Å². The zero-order valence-corrected chi connectivity index (χ0v) is 18.1. The normalized spacial score (nSPS) is 13.2. The van der Waals surface area contributed by atoms with Gasteiger partial charge in [0.05, 0.1) is 32.8 Å². The highest BCUT2D eigenvalue weighted by molar-refractivity contribution is 8.13. The summed E-state index contributed by atoms with van der Waals surface area (Å²) in [4.78, 5) is 10.8. The molecule has 0 unspecified atom stereocenters. The van der Waals surface area contributed by atoms with Crippen LogP contribution >= 0.6 is 0 Å². The van der Waals surface area contributed by atoms with Gasteiger partial charge in [0.1, 0.15) is 0 Å². The Morgan fingerprint density at radius 3 is 1.57 bits per heavy atom. The van der Waals surface area contributed by atoms with E-state index in [1.54, 1.807) is 0 Å². The Morgan fingerprint density at radius 2 is 1.30 bits per heavy atom. The van der Waals surface area contributed by atoms with Gasteiger partial charge in [-0.1, -0.05) is 6.58 Å². The summed E-state index contributed by atoms with van der Waals surface area (Å²) in [5.74, 6) is -0.322. The van der Waals surface area contributed by atoms with E-state index in [4.69, 9.17) is 4.74 Å². The van der Waals surface area contributed by atoms with Crippen molar-refractivity contribution in [3.8, 4) is 0 Å². The van der Waals surface area contributed by atoms with Crippen LogP contribution in [0, 0.1) is 0 Å².